The topological polar surface area (TPSA) is 45.2 Å². The molecule has 1 aromatic carbocycles. The van der Waals surface area contributed by atoms with Gasteiger partial charge < -0.3 is 10.4 Å². The van der Waals surface area contributed by atoms with Crippen LogP contribution < -0.4 is 5.32 Å². The Morgan fingerprint density at radius 3 is 2.94 bits per heavy atom. The number of nitrogens with one attached hydrogen (secondary N) is 1. The van der Waals surface area contributed by atoms with Crippen LogP contribution in [0.3, 0.4) is 0 Å². The van der Waals surface area contributed by atoms with Crippen molar-refractivity contribution >= 4 is 27.3 Å². The van der Waals surface area contributed by atoms with Crippen molar-refractivity contribution in [3.05, 3.63) is 44.3 Å². The summed E-state index contributed by atoms with van der Waals surface area (Å²) in [7, 11) is 0. The fourth-order valence-electron chi connectivity index (χ4n) is 1.62. The highest BCUT2D eigenvalue weighted by molar-refractivity contribution is 9.10. The van der Waals surface area contributed by atoms with Crippen LogP contribution in [-0.2, 0) is 6.54 Å². The zero-order valence-electron chi connectivity index (χ0n) is 10.3. The number of benzene rings is 1. The lowest BCUT2D eigenvalue weighted by atomic mass is 10.2. The van der Waals surface area contributed by atoms with Crippen LogP contribution in [0.5, 0.6) is 5.75 Å². The number of aromatic hydroxyl groups is 1. The number of rotatable bonds is 4. The summed E-state index contributed by atoms with van der Waals surface area (Å²) in [6.45, 7) is 4.74. The van der Waals surface area contributed by atoms with E-state index in [1.807, 2.05) is 25.3 Å². The van der Waals surface area contributed by atoms with Crippen LogP contribution in [0.1, 0.15) is 28.4 Å². The van der Waals surface area contributed by atoms with Gasteiger partial charge in [0.05, 0.1) is 6.04 Å². The van der Waals surface area contributed by atoms with Crippen LogP contribution in [0.25, 0.3) is 0 Å². The van der Waals surface area contributed by atoms with E-state index >= 15 is 0 Å². The number of nitrogens with zero attached hydrogens (tertiary/aromatic N) is 1. The first-order valence-corrected chi connectivity index (χ1v) is 7.30. The minimum Gasteiger partial charge on any atom is -0.508 e. The van der Waals surface area contributed by atoms with Gasteiger partial charge in [-0.2, -0.15) is 0 Å². The molecule has 0 saturated heterocycles. The Bertz CT molecular complexity index is 542. The van der Waals surface area contributed by atoms with Gasteiger partial charge >= 0.3 is 0 Å². The van der Waals surface area contributed by atoms with Crippen molar-refractivity contribution in [3.8, 4) is 5.75 Å². The van der Waals surface area contributed by atoms with Gasteiger partial charge in [-0.3, -0.25) is 0 Å². The van der Waals surface area contributed by atoms with Crippen LogP contribution >= 0.6 is 27.3 Å². The molecule has 2 aromatic rings. The van der Waals surface area contributed by atoms with Crippen molar-refractivity contribution < 1.29 is 5.11 Å². The van der Waals surface area contributed by atoms with E-state index in [9.17, 15) is 5.11 Å². The molecule has 0 spiro atoms. The molecule has 1 aromatic heterocycles. The molecule has 96 valence electrons. The Hall–Kier alpha value is -0.910. The Morgan fingerprint density at radius 2 is 2.28 bits per heavy atom. The SMILES string of the molecule is Cc1cnc(C(C)NCc2cc(Br)ccc2O)s1. The number of hydrogen-bond donors (Lipinski definition) is 2. The maximum Gasteiger partial charge on any atom is 0.120 e. The number of aryl methyl sites for hydroxylation is 1. The number of aromatic nitrogens is 1. The lowest BCUT2D eigenvalue weighted by molar-refractivity contribution is 0.460. The van der Waals surface area contributed by atoms with Gasteiger partial charge in [0.1, 0.15) is 10.8 Å². The molecule has 0 saturated carbocycles. The highest BCUT2D eigenvalue weighted by Crippen LogP contribution is 2.23. The van der Waals surface area contributed by atoms with Gasteiger partial charge in [-0.05, 0) is 32.0 Å². The first kappa shape index (κ1) is 13.5. The van der Waals surface area contributed by atoms with Crippen molar-refractivity contribution in [2.45, 2.75) is 26.4 Å². The molecule has 0 aliphatic heterocycles. The Balaban J connectivity index is 2.01. The highest BCUT2D eigenvalue weighted by atomic mass is 79.9. The molecule has 1 atom stereocenters. The van der Waals surface area contributed by atoms with E-state index < -0.39 is 0 Å². The third-order valence-electron chi connectivity index (χ3n) is 2.65. The van der Waals surface area contributed by atoms with E-state index in [2.05, 4.69) is 33.2 Å². The number of halogens is 1. The van der Waals surface area contributed by atoms with Gasteiger partial charge in [0.25, 0.3) is 0 Å². The second-order valence-electron chi connectivity index (χ2n) is 4.18. The lowest BCUT2D eigenvalue weighted by Gasteiger charge is -2.12. The summed E-state index contributed by atoms with van der Waals surface area (Å²) in [5.74, 6) is 0.313. The minimum atomic E-state index is 0.182. The fourth-order valence-corrected chi connectivity index (χ4v) is 2.83. The summed E-state index contributed by atoms with van der Waals surface area (Å²) in [5, 5.41) is 14.2. The first-order chi connectivity index (χ1) is 8.56. The van der Waals surface area contributed by atoms with Gasteiger partial charge in [-0.1, -0.05) is 15.9 Å². The quantitative estimate of drug-likeness (QED) is 0.898. The smallest absolute Gasteiger partial charge is 0.120 e. The molecule has 2 rings (SSSR count). The van der Waals surface area contributed by atoms with Gasteiger partial charge in [-0.15, -0.1) is 11.3 Å². The molecular weight excluding hydrogens is 312 g/mol. The van der Waals surface area contributed by atoms with E-state index in [1.165, 1.54) is 4.88 Å². The molecule has 18 heavy (non-hydrogen) atoms. The van der Waals surface area contributed by atoms with E-state index in [0.29, 0.717) is 12.3 Å². The molecule has 2 N–H and O–H groups in total. The van der Waals surface area contributed by atoms with Crippen molar-refractivity contribution in [2.24, 2.45) is 0 Å². The summed E-state index contributed by atoms with van der Waals surface area (Å²) in [5.41, 5.74) is 0.879. The number of phenolic OH excluding ortho intramolecular Hbond substituents is 1. The van der Waals surface area contributed by atoms with Crippen LogP contribution in [-0.4, -0.2) is 10.1 Å². The number of thiazole rings is 1. The van der Waals surface area contributed by atoms with E-state index in [-0.39, 0.29) is 6.04 Å². The summed E-state index contributed by atoms with van der Waals surface area (Å²) >= 11 is 5.10. The average molecular weight is 327 g/mol. The van der Waals surface area contributed by atoms with Crippen LogP contribution in [0.4, 0.5) is 0 Å². The van der Waals surface area contributed by atoms with Gasteiger partial charge in [0, 0.05) is 27.7 Å². The standard InChI is InChI=1S/C13H15BrN2OS/c1-8-6-16-13(18-8)9(2)15-7-10-5-11(14)3-4-12(10)17/h3-6,9,15,17H,7H2,1-2H3. The monoisotopic (exact) mass is 326 g/mol. The first-order valence-electron chi connectivity index (χ1n) is 5.69. The van der Waals surface area contributed by atoms with Crippen molar-refractivity contribution in [1.29, 1.82) is 0 Å². The van der Waals surface area contributed by atoms with Crippen molar-refractivity contribution in [3.63, 3.8) is 0 Å². The second-order valence-corrected chi connectivity index (χ2v) is 6.37. The van der Waals surface area contributed by atoms with Gasteiger partial charge in [0.2, 0.25) is 0 Å². The molecule has 5 heteroatoms. The molecule has 0 aliphatic rings. The van der Waals surface area contributed by atoms with Crippen LogP contribution in [0, 0.1) is 6.92 Å². The second kappa shape index (κ2) is 5.82. The van der Waals surface area contributed by atoms with E-state index in [4.69, 9.17) is 0 Å². The zero-order chi connectivity index (χ0) is 13.1. The molecule has 0 radical (unpaired) electrons. The summed E-state index contributed by atoms with van der Waals surface area (Å²) < 4.78 is 0.967. The summed E-state index contributed by atoms with van der Waals surface area (Å²) in [6, 6.07) is 5.62. The maximum absolute atomic E-state index is 9.75. The number of hydrogen-bond acceptors (Lipinski definition) is 4. The summed E-state index contributed by atoms with van der Waals surface area (Å²) in [6.07, 6.45) is 1.88. The molecule has 0 bridgehead atoms. The average Bonchev–Trinajstić information content (AvgIpc) is 2.77. The molecule has 1 heterocycles. The predicted molar refractivity (Wildman–Crippen MR) is 77.9 cm³/mol. The maximum atomic E-state index is 9.75. The molecule has 0 fully saturated rings. The molecule has 3 nitrogen and oxygen atoms in total. The molecular formula is C13H15BrN2OS. The van der Waals surface area contributed by atoms with Crippen LogP contribution in [0.2, 0.25) is 0 Å². The molecule has 1 unspecified atom stereocenters. The van der Waals surface area contributed by atoms with E-state index in [1.54, 1.807) is 17.4 Å². The number of phenols is 1. The molecule has 0 aliphatic carbocycles. The fraction of sp³-hybridized carbons (Fsp3) is 0.308. The lowest BCUT2D eigenvalue weighted by Crippen LogP contribution is -2.17. The Labute approximate surface area is 119 Å². The minimum absolute atomic E-state index is 0.182. The van der Waals surface area contributed by atoms with Crippen molar-refractivity contribution in [2.75, 3.05) is 0 Å². The van der Waals surface area contributed by atoms with Crippen LogP contribution in [0.15, 0.2) is 28.9 Å². The molecule has 0 amide bonds. The predicted octanol–water partition coefficient (Wildman–Crippen LogP) is 3.77. The van der Waals surface area contributed by atoms with Crippen molar-refractivity contribution in [1.82, 2.24) is 10.3 Å². The van der Waals surface area contributed by atoms with Gasteiger partial charge in [-0.25, -0.2) is 4.98 Å². The third kappa shape index (κ3) is 3.31. The summed E-state index contributed by atoms with van der Waals surface area (Å²) in [4.78, 5) is 5.56. The van der Waals surface area contributed by atoms with Gasteiger partial charge in [0.15, 0.2) is 0 Å². The largest absolute Gasteiger partial charge is 0.508 e. The van der Waals surface area contributed by atoms with E-state index in [0.717, 1.165) is 15.0 Å². The Morgan fingerprint density at radius 1 is 1.50 bits per heavy atom. The Kier molecular flexibility index (Phi) is 4.37. The third-order valence-corrected chi connectivity index (χ3v) is 4.24. The normalized spacial score (nSPS) is 12.6. The highest BCUT2D eigenvalue weighted by Gasteiger charge is 2.10. The zero-order valence-corrected chi connectivity index (χ0v) is 12.7.